The molecule has 1 aliphatic rings. The van der Waals surface area contributed by atoms with Crippen LogP contribution in [0.5, 0.6) is 0 Å². The lowest BCUT2D eigenvalue weighted by atomic mass is 10.1. The van der Waals surface area contributed by atoms with E-state index in [4.69, 9.17) is 6.57 Å². The molecule has 3 aromatic heterocycles. The fraction of sp³-hybridized carbons (Fsp3) is 0.292. The number of anilines is 1. The van der Waals surface area contributed by atoms with Crippen molar-refractivity contribution in [2.24, 2.45) is 0 Å². The molecule has 1 fully saturated rings. The van der Waals surface area contributed by atoms with E-state index >= 15 is 4.39 Å². The van der Waals surface area contributed by atoms with Gasteiger partial charge in [0, 0.05) is 50.9 Å². The van der Waals surface area contributed by atoms with Crippen LogP contribution < -0.4 is 15.8 Å². The molecular formula is C24H23FN8O2. The van der Waals surface area contributed by atoms with Crippen LogP contribution in [0.4, 0.5) is 15.9 Å². The van der Waals surface area contributed by atoms with E-state index in [0.717, 1.165) is 5.56 Å². The van der Waals surface area contributed by atoms with Gasteiger partial charge >= 0.3 is 0 Å². The second kappa shape index (κ2) is 8.81. The predicted octanol–water partition coefficient (Wildman–Crippen LogP) is 2.25. The first-order valence-corrected chi connectivity index (χ1v) is 11.2. The smallest absolute Gasteiger partial charge is 0.293 e. The molecule has 4 heterocycles. The summed E-state index contributed by atoms with van der Waals surface area (Å²) in [5.74, 6) is -0.612. The fourth-order valence-corrected chi connectivity index (χ4v) is 4.50. The first kappa shape index (κ1) is 22.5. The first-order chi connectivity index (χ1) is 16.9. The summed E-state index contributed by atoms with van der Waals surface area (Å²) in [7, 11) is 1.52. The number of fused-ring (bicyclic) bond motifs is 3. The second-order valence-corrected chi connectivity index (χ2v) is 8.47. The molecule has 2 N–H and O–H groups in total. The second-order valence-electron chi connectivity index (χ2n) is 8.47. The fourth-order valence-electron chi connectivity index (χ4n) is 4.50. The van der Waals surface area contributed by atoms with Crippen LogP contribution in [0.25, 0.3) is 21.4 Å². The maximum atomic E-state index is 15.4. The standard InChI is InChI=1S/C24H23FN8O2/c1-14-12-28-33-17-6-4-15(19(25)20(17)30-24(35)21(14)33)13-31-8-10-32(11-9-31)18-7-5-16(23(34)27-3)29-22(18)26-2/h4-7,12H,8-11,13H2,1,3H3,(H,27,34)(H,30,35). The van der Waals surface area contributed by atoms with Crippen molar-refractivity contribution in [3.63, 3.8) is 0 Å². The molecule has 5 rings (SSSR count). The molecule has 1 saturated heterocycles. The molecule has 0 bridgehead atoms. The highest BCUT2D eigenvalue weighted by molar-refractivity contribution is 5.93. The quantitative estimate of drug-likeness (QED) is 0.440. The number of rotatable bonds is 4. The topological polar surface area (TPSA) is 103 Å². The molecule has 11 heteroatoms. The molecule has 35 heavy (non-hydrogen) atoms. The maximum absolute atomic E-state index is 15.4. The third-order valence-corrected chi connectivity index (χ3v) is 6.36. The van der Waals surface area contributed by atoms with Gasteiger partial charge in [-0.1, -0.05) is 12.6 Å². The predicted molar refractivity (Wildman–Crippen MR) is 129 cm³/mol. The zero-order valence-electron chi connectivity index (χ0n) is 19.3. The Kier molecular flexibility index (Phi) is 5.66. The molecule has 1 amide bonds. The maximum Gasteiger partial charge on any atom is 0.293 e. The molecule has 10 nitrogen and oxygen atoms in total. The van der Waals surface area contributed by atoms with Gasteiger partial charge in [-0.2, -0.15) is 5.10 Å². The van der Waals surface area contributed by atoms with Crippen molar-refractivity contribution in [3.8, 4) is 0 Å². The number of nitrogens with zero attached hydrogens (tertiary/aromatic N) is 6. The van der Waals surface area contributed by atoms with Gasteiger partial charge in [0.2, 0.25) is 5.69 Å². The average Bonchev–Trinajstić information content (AvgIpc) is 3.28. The molecule has 0 aliphatic carbocycles. The average molecular weight is 475 g/mol. The van der Waals surface area contributed by atoms with Gasteiger partial charge in [-0.25, -0.2) is 8.91 Å². The Morgan fingerprint density at radius 2 is 2.00 bits per heavy atom. The highest BCUT2D eigenvalue weighted by Crippen LogP contribution is 2.29. The van der Waals surface area contributed by atoms with Crippen LogP contribution in [0.3, 0.4) is 0 Å². The van der Waals surface area contributed by atoms with Crippen LogP contribution in [0.1, 0.15) is 21.6 Å². The summed E-state index contributed by atoms with van der Waals surface area (Å²) >= 11 is 0. The molecule has 178 valence electrons. The van der Waals surface area contributed by atoms with Gasteiger partial charge in [0.25, 0.3) is 17.3 Å². The van der Waals surface area contributed by atoms with Crippen LogP contribution in [0, 0.1) is 19.3 Å². The van der Waals surface area contributed by atoms with E-state index in [2.05, 4.69) is 35.0 Å². The number of pyridine rings is 1. The summed E-state index contributed by atoms with van der Waals surface area (Å²) in [6.07, 6.45) is 1.59. The number of carbonyl (C=O) groups excluding carboxylic acids is 1. The van der Waals surface area contributed by atoms with Crippen molar-refractivity contribution in [1.29, 1.82) is 0 Å². The summed E-state index contributed by atoms with van der Waals surface area (Å²) in [4.78, 5) is 38.8. The zero-order valence-corrected chi connectivity index (χ0v) is 19.3. The number of halogens is 1. The summed E-state index contributed by atoms with van der Waals surface area (Å²) < 4.78 is 16.9. The van der Waals surface area contributed by atoms with E-state index in [1.165, 1.54) is 11.6 Å². The normalized spacial score (nSPS) is 14.4. The molecule has 4 aromatic rings. The third kappa shape index (κ3) is 3.87. The van der Waals surface area contributed by atoms with Crippen molar-refractivity contribution in [2.45, 2.75) is 13.5 Å². The number of hydrogen-bond acceptors (Lipinski definition) is 6. The first-order valence-electron chi connectivity index (χ1n) is 11.2. The third-order valence-electron chi connectivity index (χ3n) is 6.36. The SMILES string of the molecule is [C-]#[N+]c1nc(C(=O)NC)ccc1N1CCN(Cc2ccc3c([nH]c(=O)c4c(C)cnn43)c2F)CC1. The van der Waals surface area contributed by atoms with E-state index < -0.39 is 5.82 Å². The Morgan fingerprint density at radius 1 is 1.23 bits per heavy atom. The van der Waals surface area contributed by atoms with Crippen LogP contribution in [0.15, 0.2) is 35.3 Å². The van der Waals surface area contributed by atoms with Crippen LogP contribution in [-0.4, -0.2) is 63.6 Å². The zero-order chi connectivity index (χ0) is 24.7. The monoisotopic (exact) mass is 474 g/mol. The molecule has 1 aromatic carbocycles. The van der Waals surface area contributed by atoms with Gasteiger partial charge in [0.05, 0.1) is 17.4 Å². The lowest BCUT2D eigenvalue weighted by Crippen LogP contribution is -2.46. The number of aromatic amines is 1. The van der Waals surface area contributed by atoms with Crippen molar-refractivity contribution in [1.82, 2.24) is 29.8 Å². The van der Waals surface area contributed by atoms with Gasteiger partial charge in [0.15, 0.2) is 5.82 Å². The Bertz CT molecular complexity index is 1560. The van der Waals surface area contributed by atoms with E-state index in [1.807, 2.05) is 0 Å². The van der Waals surface area contributed by atoms with Crippen LogP contribution in [-0.2, 0) is 6.54 Å². The van der Waals surface area contributed by atoms with Gasteiger partial charge in [-0.3, -0.25) is 14.5 Å². The highest BCUT2D eigenvalue weighted by Gasteiger charge is 2.23. The number of benzene rings is 1. The summed E-state index contributed by atoms with van der Waals surface area (Å²) in [5, 5.41) is 6.74. The Balaban J connectivity index is 1.34. The summed E-state index contributed by atoms with van der Waals surface area (Å²) in [6.45, 7) is 12.2. The van der Waals surface area contributed by atoms with Crippen molar-refractivity contribution < 1.29 is 9.18 Å². The number of H-pyrrole nitrogens is 1. The van der Waals surface area contributed by atoms with Gasteiger partial charge in [-0.05, 0) is 25.1 Å². The molecular weight excluding hydrogens is 451 g/mol. The number of carbonyl (C=O) groups is 1. The van der Waals surface area contributed by atoms with Crippen LogP contribution >= 0.6 is 0 Å². The number of nitrogens with one attached hydrogen (secondary N) is 2. The molecule has 1 aliphatic heterocycles. The molecule has 0 atom stereocenters. The lowest BCUT2D eigenvalue weighted by molar-refractivity contribution is 0.0958. The van der Waals surface area contributed by atoms with Crippen molar-refractivity contribution in [2.75, 3.05) is 38.1 Å². The van der Waals surface area contributed by atoms with E-state index in [9.17, 15) is 9.59 Å². The number of aromatic nitrogens is 4. The highest BCUT2D eigenvalue weighted by atomic mass is 19.1. The van der Waals surface area contributed by atoms with Crippen molar-refractivity contribution >= 4 is 34.0 Å². The summed E-state index contributed by atoms with van der Waals surface area (Å²) in [5.41, 5.74) is 2.80. The molecule has 0 saturated carbocycles. The number of piperazine rings is 1. The lowest BCUT2D eigenvalue weighted by Gasteiger charge is -2.36. The molecule has 0 unspecified atom stereocenters. The molecule has 0 radical (unpaired) electrons. The van der Waals surface area contributed by atoms with E-state index in [1.54, 1.807) is 37.4 Å². The summed E-state index contributed by atoms with van der Waals surface area (Å²) in [6, 6.07) is 6.87. The van der Waals surface area contributed by atoms with E-state index in [-0.39, 0.29) is 28.5 Å². The minimum atomic E-state index is -0.457. The Hall–Kier alpha value is -4.30. The number of aryl methyl sites for hydroxylation is 1. The van der Waals surface area contributed by atoms with Crippen molar-refractivity contribution in [3.05, 3.63) is 74.9 Å². The number of hydrogen-bond donors (Lipinski definition) is 2. The minimum absolute atomic E-state index is 0.144. The van der Waals surface area contributed by atoms with Gasteiger partial charge in [0.1, 0.15) is 11.0 Å². The largest absolute Gasteiger partial charge is 0.376 e. The minimum Gasteiger partial charge on any atom is -0.376 e. The van der Waals surface area contributed by atoms with Crippen LogP contribution in [0.2, 0.25) is 0 Å². The van der Waals surface area contributed by atoms with Gasteiger partial charge in [-0.15, -0.1) is 4.98 Å². The number of amides is 1. The Morgan fingerprint density at radius 3 is 2.71 bits per heavy atom. The van der Waals surface area contributed by atoms with Gasteiger partial charge < -0.3 is 20.0 Å². The molecule has 0 spiro atoms. The Labute approximate surface area is 199 Å². The van der Waals surface area contributed by atoms with E-state index in [0.29, 0.717) is 55.0 Å².